The van der Waals surface area contributed by atoms with Crippen LogP contribution in [0, 0.1) is 12.3 Å². The fourth-order valence-corrected chi connectivity index (χ4v) is 12.1. The van der Waals surface area contributed by atoms with Gasteiger partial charge in [0.05, 0.1) is 26.8 Å². The van der Waals surface area contributed by atoms with E-state index in [2.05, 4.69) is 16.7 Å². The van der Waals surface area contributed by atoms with Gasteiger partial charge in [0.2, 0.25) is 11.8 Å². The predicted molar refractivity (Wildman–Crippen MR) is 291 cm³/mol. The molecule has 3 atom stereocenters. The molecule has 404 valence electrons. The van der Waals surface area contributed by atoms with Gasteiger partial charge in [-0.1, -0.05) is 57.2 Å². The molecule has 9 rings (SSSR count). The molecule has 0 radical (unpaired) electrons. The number of benzene rings is 5. The summed E-state index contributed by atoms with van der Waals surface area (Å²) in [4.78, 5) is 83.1. The van der Waals surface area contributed by atoms with Gasteiger partial charge in [-0.3, -0.25) is 33.0 Å². The van der Waals surface area contributed by atoms with Gasteiger partial charge in [0, 0.05) is 66.3 Å². The molecule has 0 spiro atoms. The largest absolute Gasteiger partial charge is 0.493 e. The summed E-state index contributed by atoms with van der Waals surface area (Å²) in [6, 6.07) is 27.2. The van der Waals surface area contributed by atoms with Crippen molar-refractivity contribution in [3.05, 3.63) is 141 Å². The molecule has 4 aliphatic rings. The van der Waals surface area contributed by atoms with Crippen LogP contribution in [-0.2, 0) is 72.4 Å². The van der Waals surface area contributed by atoms with Gasteiger partial charge in [-0.2, -0.15) is 8.42 Å². The maximum atomic E-state index is 14.4. The molecule has 2 N–H and O–H groups in total. The number of hydrogen-bond acceptors (Lipinski definition) is 12. The molecule has 5 aromatic carbocycles. The minimum absolute atomic E-state index is 0.00564. The zero-order valence-corrected chi connectivity index (χ0v) is 45.3. The van der Waals surface area contributed by atoms with Gasteiger partial charge in [-0.05, 0) is 144 Å². The van der Waals surface area contributed by atoms with E-state index in [0.717, 1.165) is 42.3 Å². The number of anilines is 3. The molecule has 4 amide bonds. The number of hydrogen-bond donors (Lipinski definition) is 2. The first-order valence-corrected chi connectivity index (χ1v) is 27.7. The average molecular weight is 1070 g/mol. The number of Topliss-reactive ketones (excluding diaryl/α,β-unsaturated/α-hetero) is 2. The number of aryl methyl sites for hydroxylation is 2. The highest BCUT2D eigenvalue weighted by atomic mass is 32.2. The molecule has 17 heteroatoms. The summed E-state index contributed by atoms with van der Waals surface area (Å²) in [5, 5.41) is 4.41. The first kappa shape index (κ1) is 54.4. The number of nitrogens with one attached hydrogen (secondary N) is 2. The molecule has 1 unspecified atom stereocenters. The summed E-state index contributed by atoms with van der Waals surface area (Å²) in [5.74, 6) is -0.380. The molecule has 0 fully saturated rings. The minimum atomic E-state index is -4.11. The zero-order valence-electron chi connectivity index (χ0n) is 44.5. The third-order valence-corrected chi connectivity index (χ3v) is 16.7. The van der Waals surface area contributed by atoms with Crippen LogP contribution in [0.5, 0.6) is 17.2 Å². The van der Waals surface area contributed by atoms with Gasteiger partial charge in [-0.25, -0.2) is 0 Å². The molecule has 4 aliphatic heterocycles. The second-order valence-corrected chi connectivity index (χ2v) is 23.6. The summed E-state index contributed by atoms with van der Waals surface area (Å²) in [6.07, 6.45) is 3.44. The van der Waals surface area contributed by atoms with Crippen LogP contribution in [0.4, 0.5) is 17.1 Å². The Bertz CT molecular complexity index is 3270. The second kappa shape index (κ2) is 22.7. The van der Waals surface area contributed by atoms with Crippen LogP contribution in [0.1, 0.15) is 125 Å². The van der Waals surface area contributed by atoms with Crippen molar-refractivity contribution in [2.24, 2.45) is 5.41 Å². The summed E-state index contributed by atoms with van der Waals surface area (Å²) in [6.45, 7) is 7.69. The Morgan fingerprint density at radius 3 is 1.95 bits per heavy atom. The maximum Gasteiger partial charge on any atom is 0.272 e. The van der Waals surface area contributed by atoms with Gasteiger partial charge >= 0.3 is 0 Å². The van der Waals surface area contributed by atoms with Crippen LogP contribution < -0.4 is 34.6 Å². The number of carbonyl (C=O) groups is 6. The van der Waals surface area contributed by atoms with Crippen LogP contribution in [0.25, 0.3) is 0 Å². The number of ether oxygens (including phenoxy) is 3. The molecular weight excluding hydrogens is 1000 g/mol. The second-order valence-electron chi connectivity index (χ2n) is 21.7. The quantitative estimate of drug-likeness (QED) is 0.0703. The van der Waals surface area contributed by atoms with Crippen LogP contribution in [0.3, 0.4) is 0 Å². The van der Waals surface area contributed by atoms with Crippen molar-refractivity contribution >= 4 is 62.4 Å². The van der Waals surface area contributed by atoms with Crippen molar-refractivity contribution in [1.29, 1.82) is 0 Å². The molecular formula is C60H66N4O12S. The van der Waals surface area contributed by atoms with E-state index in [1.54, 1.807) is 35.2 Å². The standard InChI is InChI=1S/C60H66N4O12S/c1-36-23-47-42(31-55(77(71,72)74-6)51-28-41-12-8-10-14-50(41)64(51)59(47)70)30-52(36)75-34-37-24-38(26-43(25-37)62-57(68)20-18-46(66)33-61-56(67)19-17-45(65)21-22-60(2,3)4)35-76-54-29-39-15-16-44-27-40-11-7-9-13-49(40)63(44)58(69)48(39)32-53(54)73-5/h7-14,23-26,29-30,32,44,51,55H,15-22,27-28,31,33-35H2,1-6H3,(H,61,67)(H,62,68)/t44-,51+,55?/m1/s1. The molecule has 16 nitrogen and oxygen atoms in total. The van der Waals surface area contributed by atoms with E-state index < -0.39 is 33.2 Å². The lowest BCUT2D eigenvalue weighted by Gasteiger charge is -2.28. The van der Waals surface area contributed by atoms with E-state index in [9.17, 15) is 37.2 Å². The topological polar surface area (TPSA) is 204 Å². The van der Waals surface area contributed by atoms with Crippen molar-refractivity contribution in [2.75, 3.05) is 35.9 Å². The van der Waals surface area contributed by atoms with Crippen molar-refractivity contribution in [2.45, 2.75) is 129 Å². The molecule has 0 bridgehead atoms. The Hall–Kier alpha value is -7.37. The number of amides is 4. The normalized spacial score (nSPS) is 17.4. The van der Waals surface area contributed by atoms with Crippen LogP contribution >= 0.6 is 0 Å². The van der Waals surface area contributed by atoms with E-state index in [-0.39, 0.29) is 86.7 Å². The number of fused-ring (bicyclic) bond motifs is 8. The molecule has 0 saturated heterocycles. The summed E-state index contributed by atoms with van der Waals surface area (Å²) in [7, 11) is -1.46. The van der Waals surface area contributed by atoms with Crippen molar-refractivity contribution in [3.63, 3.8) is 0 Å². The highest BCUT2D eigenvalue weighted by Crippen LogP contribution is 2.43. The molecule has 0 saturated carbocycles. The van der Waals surface area contributed by atoms with Crippen molar-refractivity contribution in [1.82, 2.24) is 5.32 Å². The fourth-order valence-electron chi connectivity index (χ4n) is 10.9. The number of carbonyl (C=O) groups excluding carboxylic acids is 6. The van der Waals surface area contributed by atoms with E-state index in [1.807, 2.05) is 87.2 Å². The number of nitrogens with zero attached hydrogens (tertiary/aromatic N) is 2. The Morgan fingerprint density at radius 1 is 0.649 bits per heavy atom. The molecule has 5 aromatic rings. The van der Waals surface area contributed by atoms with Crippen molar-refractivity contribution < 1.29 is 55.6 Å². The van der Waals surface area contributed by atoms with E-state index in [4.69, 9.17) is 18.4 Å². The van der Waals surface area contributed by atoms with E-state index in [1.165, 1.54) is 7.11 Å². The van der Waals surface area contributed by atoms with E-state index >= 15 is 0 Å². The monoisotopic (exact) mass is 1070 g/mol. The first-order valence-electron chi connectivity index (χ1n) is 26.2. The number of methoxy groups -OCH3 is 1. The summed E-state index contributed by atoms with van der Waals surface area (Å²) >= 11 is 0. The lowest BCUT2D eigenvalue weighted by Crippen LogP contribution is -2.47. The Labute approximate surface area is 449 Å². The molecule has 4 heterocycles. The number of ketones is 2. The lowest BCUT2D eigenvalue weighted by molar-refractivity contribution is -0.127. The van der Waals surface area contributed by atoms with Crippen LogP contribution in [0.2, 0.25) is 0 Å². The molecule has 77 heavy (non-hydrogen) atoms. The highest BCUT2D eigenvalue weighted by molar-refractivity contribution is 7.87. The third kappa shape index (κ3) is 12.3. The van der Waals surface area contributed by atoms with Crippen LogP contribution in [0.15, 0.2) is 91.0 Å². The Kier molecular flexibility index (Phi) is 16.0. The lowest BCUT2D eigenvalue weighted by atomic mass is 9.89. The summed E-state index contributed by atoms with van der Waals surface area (Å²) in [5.41, 5.74) is 8.20. The first-order chi connectivity index (χ1) is 36.8. The number of para-hydroxylation sites is 2. The van der Waals surface area contributed by atoms with Gasteiger partial charge in [0.25, 0.3) is 21.9 Å². The van der Waals surface area contributed by atoms with Gasteiger partial charge in [0.15, 0.2) is 17.3 Å². The minimum Gasteiger partial charge on any atom is -0.493 e. The highest BCUT2D eigenvalue weighted by Gasteiger charge is 2.48. The molecule has 0 aliphatic carbocycles. The van der Waals surface area contributed by atoms with Crippen LogP contribution in [-0.4, -0.2) is 81.7 Å². The van der Waals surface area contributed by atoms with Crippen molar-refractivity contribution in [3.8, 4) is 17.2 Å². The number of rotatable bonds is 20. The van der Waals surface area contributed by atoms with Gasteiger partial charge in [0.1, 0.15) is 30.0 Å². The van der Waals surface area contributed by atoms with E-state index in [0.29, 0.717) is 87.7 Å². The SMILES string of the molecule is COc1cc2c(cc1OCc1cc(COc3cc4c(cc3C)C(=O)N3c5ccccc5C[C@H]3C(S(=O)(=O)OC)C4)cc(NC(=O)CCC(=O)CNC(=O)CCC(=O)CCC(C)(C)C)c1)CC[C@@H]1Cc3ccccc3N1C2=O. The van der Waals surface area contributed by atoms with Gasteiger partial charge < -0.3 is 34.6 Å². The molecule has 0 aromatic heterocycles. The maximum absolute atomic E-state index is 14.4. The third-order valence-electron chi connectivity index (χ3n) is 15.0. The fraction of sp³-hybridized carbons (Fsp3) is 0.400. The predicted octanol–water partition coefficient (Wildman–Crippen LogP) is 8.73. The average Bonchev–Trinajstić information content (AvgIpc) is 4.05. The van der Waals surface area contributed by atoms with Gasteiger partial charge in [-0.15, -0.1) is 0 Å². The zero-order chi connectivity index (χ0) is 54.8. The Balaban J connectivity index is 0.924. The summed E-state index contributed by atoms with van der Waals surface area (Å²) < 4.78 is 51.0. The smallest absolute Gasteiger partial charge is 0.272 e. The Morgan fingerprint density at radius 2 is 1.26 bits per heavy atom.